The molecule has 0 aromatic carbocycles. The third-order valence-electron chi connectivity index (χ3n) is 5.51. The molecule has 1 amide bonds. The van der Waals surface area contributed by atoms with Crippen molar-refractivity contribution < 1.29 is 9.53 Å². The van der Waals surface area contributed by atoms with Crippen molar-refractivity contribution in [3.63, 3.8) is 0 Å². The summed E-state index contributed by atoms with van der Waals surface area (Å²) in [6, 6.07) is 5.29. The number of nitrogens with zero attached hydrogens (tertiary/aromatic N) is 2. The van der Waals surface area contributed by atoms with Gasteiger partial charge in [-0.2, -0.15) is 0 Å². The predicted molar refractivity (Wildman–Crippen MR) is 108 cm³/mol. The highest BCUT2D eigenvalue weighted by atomic mass is 16.5. The second-order valence-electron chi connectivity index (χ2n) is 7.51. The summed E-state index contributed by atoms with van der Waals surface area (Å²) in [5, 5.41) is 2.90. The van der Waals surface area contributed by atoms with Crippen LogP contribution in [0, 0.1) is 12.8 Å². The molecule has 1 aliphatic rings. The van der Waals surface area contributed by atoms with Crippen molar-refractivity contribution in [2.24, 2.45) is 5.92 Å². The van der Waals surface area contributed by atoms with E-state index in [4.69, 9.17) is 4.74 Å². The molecule has 6 heteroatoms. The van der Waals surface area contributed by atoms with Gasteiger partial charge in [0.05, 0.1) is 6.61 Å². The lowest BCUT2D eigenvalue weighted by molar-refractivity contribution is 0.0947. The van der Waals surface area contributed by atoms with Crippen molar-refractivity contribution in [2.75, 3.05) is 13.7 Å². The molecule has 1 saturated carbocycles. The molecule has 0 aliphatic heterocycles. The molecule has 6 nitrogen and oxygen atoms in total. The van der Waals surface area contributed by atoms with Gasteiger partial charge in [0, 0.05) is 50.0 Å². The Balaban J connectivity index is 1.92. The van der Waals surface area contributed by atoms with E-state index in [9.17, 15) is 9.59 Å². The van der Waals surface area contributed by atoms with Gasteiger partial charge in [-0.15, -0.1) is 0 Å². The molecule has 1 aliphatic carbocycles. The second-order valence-corrected chi connectivity index (χ2v) is 7.51. The van der Waals surface area contributed by atoms with Crippen LogP contribution in [0.15, 0.2) is 35.4 Å². The molecule has 0 unspecified atom stereocenters. The van der Waals surface area contributed by atoms with E-state index >= 15 is 0 Å². The Morgan fingerprint density at radius 1 is 1.36 bits per heavy atom. The van der Waals surface area contributed by atoms with Crippen LogP contribution in [0.4, 0.5) is 0 Å². The van der Waals surface area contributed by atoms with Gasteiger partial charge in [-0.1, -0.05) is 31.7 Å². The van der Waals surface area contributed by atoms with Gasteiger partial charge in [-0.05, 0) is 30.9 Å². The van der Waals surface area contributed by atoms with E-state index in [0.29, 0.717) is 25.6 Å². The van der Waals surface area contributed by atoms with E-state index in [1.165, 1.54) is 12.8 Å². The van der Waals surface area contributed by atoms with Crippen molar-refractivity contribution in [3.8, 4) is 0 Å². The highest BCUT2D eigenvalue weighted by Crippen LogP contribution is 2.29. The van der Waals surface area contributed by atoms with Gasteiger partial charge in [-0.25, -0.2) is 0 Å². The number of methoxy groups -OCH3 is 1. The first-order chi connectivity index (χ1) is 13.6. The van der Waals surface area contributed by atoms with Crippen LogP contribution in [-0.4, -0.2) is 29.2 Å². The number of hydrogen-bond donors (Lipinski definition) is 1. The first kappa shape index (κ1) is 20.3. The van der Waals surface area contributed by atoms with E-state index in [0.717, 1.165) is 36.2 Å². The molecule has 0 spiro atoms. The van der Waals surface area contributed by atoms with Crippen molar-refractivity contribution in [3.05, 3.63) is 63.3 Å². The third-order valence-corrected chi connectivity index (χ3v) is 5.51. The Hall–Kier alpha value is -2.47. The first-order valence-electron chi connectivity index (χ1n) is 9.99. The highest BCUT2D eigenvalue weighted by molar-refractivity contribution is 5.95. The molecular formula is C22H29N3O3. The van der Waals surface area contributed by atoms with E-state index in [1.54, 1.807) is 25.6 Å². The fourth-order valence-corrected chi connectivity index (χ4v) is 4.04. The van der Waals surface area contributed by atoms with E-state index in [2.05, 4.69) is 14.9 Å². The van der Waals surface area contributed by atoms with Gasteiger partial charge >= 0.3 is 0 Å². The van der Waals surface area contributed by atoms with Crippen molar-refractivity contribution in [1.82, 2.24) is 14.9 Å². The van der Waals surface area contributed by atoms with Gasteiger partial charge in [0.25, 0.3) is 5.91 Å². The molecule has 150 valence electrons. The average molecular weight is 383 g/mol. The number of carbonyl (C=O) groups excluding carboxylic acids is 1. The van der Waals surface area contributed by atoms with Gasteiger partial charge < -0.3 is 14.6 Å². The number of aryl methyl sites for hydroxylation is 1. The minimum atomic E-state index is -0.312. The smallest absolute Gasteiger partial charge is 0.257 e. The molecule has 28 heavy (non-hydrogen) atoms. The molecule has 0 bridgehead atoms. The number of nitrogens with one attached hydrogen (secondary N) is 1. The summed E-state index contributed by atoms with van der Waals surface area (Å²) in [5.41, 5.74) is 2.69. The standard InChI is InChI=1S/C22H29N3O3/c1-16-12-20(26)21(22(27)24-15-18-8-5-9-23-14-18)19(25(16)10-11-28-2)13-17-6-3-4-7-17/h5,8-9,12,14,17H,3-4,6-7,10-11,13,15H2,1-2H3,(H,24,27). The molecule has 0 radical (unpaired) electrons. The van der Waals surface area contributed by atoms with Crippen LogP contribution in [0.25, 0.3) is 0 Å². The Kier molecular flexibility index (Phi) is 6.98. The average Bonchev–Trinajstić information content (AvgIpc) is 3.20. The molecule has 2 aromatic heterocycles. The second kappa shape index (κ2) is 9.64. The van der Waals surface area contributed by atoms with Gasteiger partial charge in [0.1, 0.15) is 5.56 Å². The third kappa shape index (κ3) is 4.87. The quantitative estimate of drug-likeness (QED) is 0.761. The maximum absolute atomic E-state index is 13.0. The van der Waals surface area contributed by atoms with Crippen LogP contribution in [0.2, 0.25) is 0 Å². The highest BCUT2D eigenvalue weighted by Gasteiger charge is 2.24. The first-order valence-corrected chi connectivity index (χ1v) is 9.99. The minimum absolute atomic E-state index is 0.206. The summed E-state index contributed by atoms with van der Waals surface area (Å²) in [6.45, 7) is 3.44. The zero-order chi connectivity index (χ0) is 19.9. The fourth-order valence-electron chi connectivity index (χ4n) is 4.04. The summed E-state index contributed by atoms with van der Waals surface area (Å²) >= 11 is 0. The molecule has 3 rings (SSSR count). The van der Waals surface area contributed by atoms with Crippen molar-refractivity contribution in [1.29, 1.82) is 0 Å². The summed E-state index contributed by atoms with van der Waals surface area (Å²) in [7, 11) is 1.66. The molecule has 0 saturated heterocycles. The Morgan fingerprint density at radius 3 is 2.82 bits per heavy atom. The predicted octanol–water partition coefficient (Wildman–Crippen LogP) is 2.86. The molecule has 1 fully saturated rings. The maximum Gasteiger partial charge on any atom is 0.257 e. The Bertz CT molecular complexity index is 855. The summed E-state index contributed by atoms with van der Waals surface area (Å²) in [4.78, 5) is 29.9. The number of rotatable bonds is 8. The largest absolute Gasteiger partial charge is 0.383 e. The molecule has 1 N–H and O–H groups in total. The van der Waals surface area contributed by atoms with Crippen LogP contribution >= 0.6 is 0 Å². The van der Waals surface area contributed by atoms with Crippen LogP contribution in [-0.2, 0) is 24.2 Å². The molecule has 2 heterocycles. The van der Waals surface area contributed by atoms with Crippen LogP contribution < -0.4 is 10.7 Å². The number of hydrogen-bond acceptors (Lipinski definition) is 4. The minimum Gasteiger partial charge on any atom is -0.383 e. The maximum atomic E-state index is 13.0. The summed E-state index contributed by atoms with van der Waals surface area (Å²) in [6.07, 6.45) is 8.93. The Morgan fingerprint density at radius 2 is 2.14 bits per heavy atom. The Labute approximate surface area is 165 Å². The SMILES string of the molecule is COCCn1c(C)cc(=O)c(C(=O)NCc2cccnc2)c1CC1CCCC1. The molecular weight excluding hydrogens is 354 g/mol. The lowest BCUT2D eigenvalue weighted by Gasteiger charge is -2.22. The number of amides is 1. The fraction of sp³-hybridized carbons (Fsp3) is 0.500. The molecule has 0 atom stereocenters. The van der Waals surface area contributed by atoms with Gasteiger partial charge in [0.15, 0.2) is 5.43 Å². The lowest BCUT2D eigenvalue weighted by Crippen LogP contribution is -2.33. The van der Waals surface area contributed by atoms with Crippen LogP contribution in [0.1, 0.15) is 53.0 Å². The van der Waals surface area contributed by atoms with Crippen LogP contribution in [0.5, 0.6) is 0 Å². The van der Waals surface area contributed by atoms with E-state index in [1.807, 2.05) is 19.1 Å². The van der Waals surface area contributed by atoms with Crippen LogP contribution in [0.3, 0.4) is 0 Å². The monoisotopic (exact) mass is 383 g/mol. The zero-order valence-electron chi connectivity index (χ0n) is 16.7. The topological polar surface area (TPSA) is 73.2 Å². The number of pyridine rings is 2. The van der Waals surface area contributed by atoms with E-state index in [-0.39, 0.29) is 16.9 Å². The van der Waals surface area contributed by atoms with Crippen molar-refractivity contribution in [2.45, 2.75) is 52.1 Å². The number of ether oxygens (including phenoxy) is 1. The lowest BCUT2D eigenvalue weighted by atomic mass is 9.97. The van der Waals surface area contributed by atoms with Gasteiger partial charge in [0.2, 0.25) is 0 Å². The van der Waals surface area contributed by atoms with Gasteiger partial charge in [-0.3, -0.25) is 14.6 Å². The van der Waals surface area contributed by atoms with E-state index < -0.39 is 0 Å². The number of carbonyl (C=O) groups is 1. The van der Waals surface area contributed by atoms with Crippen molar-refractivity contribution >= 4 is 5.91 Å². The number of aromatic nitrogens is 2. The summed E-state index contributed by atoms with van der Waals surface area (Å²) < 4.78 is 7.34. The molecule has 2 aromatic rings. The summed E-state index contributed by atoms with van der Waals surface area (Å²) in [5.74, 6) is 0.216. The normalized spacial score (nSPS) is 14.4. The zero-order valence-corrected chi connectivity index (χ0v) is 16.7.